The molecule has 4 atom stereocenters. The van der Waals surface area contributed by atoms with E-state index in [1.807, 2.05) is 0 Å². The highest BCUT2D eigenvalue weighted by atomic mass is 32.2. The number of ether oxygens (including phenoxy) is 1. The SMILES string of the molecule is CS(=O)(=O)c1cc(OCC(F)(F)F)cc(-c2ccc(C[C@@H](C#N)CC(=O)[C@H]3N[C@@H]4CC[C@H]3C4)c(F)c2)c1. The number of hydrogen-bond acceptors (Lipinski definition) is 6. The molecule has 1 N–H and O–H groups in total. The first kappa shape index (κ1) is 27.1. The lowest BCUT2D eigenvalue weighted by atomic mass is 9.88. The summed E-state index contributed by atoms with van der Waals surface area (Å²) in [6.45, 7) is -1.61. The van der Waals surface area contributed by atoms with Crippen molar-refractivity contribution in [1.29, 1.82) is 5.26 Å². The van der Waals surface area contributed by atoms with E-state index in [1.165, 1.54) is 24.3 Å². The van der Waals surface area contributed by atoms with Crippen LogP contribution in [0.4, 0.5) is 17.6 Å². The molecule has 2 aromatic carbocycles. The van der Waals surface area contributed by atoms with Gasteiger partial charge < -0.3 is 10.1 Å². The quantitative estimate of drug-likeness (QED) is 0.468. The summed E-state index contributed by atoms with van der Waals surface area (Å²) in [4.78, 5) is 12.5. The van der Waals surface area contributed by atoms with Crippen LogP contribution < -0.4 is 10.1 Å². The van der Waals surface area contributed by atoms with Crippen LogP contribution in [0.5, 0.6) is 5.75 Å². The summed E-state index contributed by atoms with van der Waals surface area (Å²) < 4.78 is 81.7. The maximum atomic E-state index is 15.0. The average molecular weight is 539 g/mol. The molecule has 1 heterocycles. The van der Waals surface area contributed by atoms with Gasteiger partial charge in [0.25, 0.3) is 0 Å². The summed E-state index contributed by atoms with van der Waals surface area (Å²) in [6.07, 6.45) is -0.692. The standard InChI is InChI=1S/C26H26F4N2O4S/c1-37(34,35)22-10-19(9-21(12-22)36-14-26(28,29)30)16-2-3-17(23(27)11-16)6-15(13-31)7-24(33)25-18-4-5-20(8-18)32-25/h2-3,9-12,15,18,20,25,32H,4-8,14H2,1H3/t15-,18+,20-,25+/m1/s1. The second kappa shape index (κ2) is 10.4. The van der Waals surface area contributed by atoms with Crippen molar-refractivity contribution < 1.29 is 35.5 Å². The maximum Gasteiger partial charge on any atom is 0.422 e. The van der Waals surface area contributed by atoms with Crippen molar-refractivity contribution in [2.75, 3.05) is 12.9 Å². The molecule has 4 rings (SSSR count). The van der Waals surface area contributed by atoms with Crippen molar-refractivity contribution in [3.63, 3.8) is 0 Å². The zero-order chi connectivity index (χ0) is 27.0. The highest BCUT2D eigenvalue weighted by Gasteiger charge is 2.42. The van der Waals surface area contributed by atoms with Crippen LogP contribution in [0.3, 0.4) is 0 Å². The van der Waals surface area contributed by atoms with E-state index in [1.54, 1.807) is 0 Å². The largest absolute Gasteiger partial charge is 0.484 e. The molecule has 2 bridgehead atoms. The van der Waals surface area contributed by atoms with E-state index in [2.05, 4.69) is 11.4 Å². The molecule has 1 saturated carbocycles. The molecule has 198 valence electrons. The molecule has 2 aliphatic rings. The number of benzene rings is 2. The fourth-order valence-corrected chi connectivity index (χ4v) is 5.78. The third-order valence-corrected chi connectivity index (χ3v) is 7.99. The van der Waals surface area contributed by atoms with Crippen LogP contribution >= 0.6 is 0 Å². The van der Waals surface area contributed by atoms with Crippen LogP contribution in [-0.2, 0) is 21.1 Å². The van der Waals surface area contributed by atoms with Crippen LogP contribution in [0.25, 0.3) is 11.1 Å². The third kappa shape index (κ3) is 6.67. The molecule has 2 aromatic rings. The molecule has 0 amide bonds. The molecule has 0 radical (unpaired) electrons. The first-order valence-electron chi connectivity index (χ1n) is 11.8. The monoisotopic (exact) mass is 538 g/mol. The summed E-state index contributed by atoms with van der Waals surface area (Å²) in [7, 11) is -3.80. The normalized spacial score (nSPS) is 22.0. The molecule has 37 heavy (non-hydrogen) atoms. The Morgan fingerprint density at radius 2 is 1.95 bits per heavy atom. The Balaban J connectivity index is 1.52. The van der Waals surface area contributed by atoms with Gasteiger partial charge in [-0.05, 0) is 72.6 Å². The van der Waals surface area contributed by atoms with Crippen LogP contribution in [0, 0.1) is 29.0 Å². The number of carbonyl (C=O) groups excluding carboxylic acids is 1. The van der Waals surface area contributed by atoms with Crippen molar-refractivity contribution in [2.45, 2.75) is 55.3 Å². The zero-order valence-corrected chi connectivity index (χ0v) is 20.8. The predicted octanol–water partition coefficient (Wildman–Crippen LogP) is 4.62. The second-order valence-electron chi connectivity index (χ2n) is 9.79. The molecule has 0 unspecified atom stereocenters. The van der Waals surface area contributed by atoms with E-state index < -0.39 is 34.4 Å². The van der Waals surface area contributed by atoms with Crippen LogP contribution in [0.2, 0.25) is 0 Å². The van der Waals surface area contributed by atoms with E-state index >= 15 is 4.39 Å². The number of nitriles is 1. The number of ketones is 1. The summed E-state index contributed by atoms with van der Waals surface area (Å²) in [5.74, 6) is -1.46. The maximum absolute atomic E-state index is 15.0. The first-order valence-corrected chi connectivity index (χ1v) is 13.7. The highest BCUT2D eigenvalue weighted by molar-refractivity contribution is 7.90. The van der Waals surface area contributed by atoms with Gasteiger partial charge in [-0.1, -0.05) is 12.1 Å². The zero-order valence-electron chi connectivity index (χ0n) is 20.0. The number of halogens is 4. The number of carbonyl (C=O) groups is 1. The van der Waals surface area contributed by atoms with Crippen LogP contribution in [0.15, 0.2) is 41.3 Å². The lowest BCUT2D eigenvalue weighted by Crippen LogP contribution is -2.42. The number of Topliss-reactive ketones (excluding diaryl/α,β-unsaturated/α-hetero) is 1. The topological polar surface area (TPSA) is 96.3 Å². The van der Waals surface area contributed by atoms with Gasteiger partial charge in [0.1, 0.15) is 11.6 Å². The van der Waals surface area contributed by atoms with Gasteiger partial charge in [0.05, 0.1) is 22.9 Å². The minimum Gasteiger partial charge on any atom is -0.484 e. The Bertz CT molecular complexity index is 1340. The number of rotatable bonds is 9. The fourth-order valence-electron chi connectivity index (χ4n) is 5.11. The minimum absolute atomic E-state index is 0.00882. The summed E-state index contributed by atoms with van der Waals surface area (Å²) in [5.41, 5.74) is 0.580. The Morgan fingerprint density at radius 1 is 1.19 bits per heavy atom. The van der Waals surface area contributed by atoms with Crippen molar-refractivity contribution in [3.8, 4) is 22.9 Å². The van der Waals surface area contributed by atoms with Crippen molar-refractivity contribution in [1.82, 2.24) is 5.32 Å². The van der Waals surface area contributed by atoms with Gasteiger partial charge in [-0.15, -0.1) is 0 Å². The highest BCUT2D eigenvalue weighted by Crippen LogP contribution is 2.36. The van der Waals surface area contributed by atoms with Crippen LogP contribution in [-0.4, -0.2) is 45.3 Å². The van der Waals surface area contributed by atoms with E-state index in [4.69, 9.17) is 4.74 Å². The van der Waals surface area contributed by atoms with E-state index in [-0.39, 0.29) is 52.0 Å². The van der Waals surface area contributed by atoms with E-state index in [0.717, 1.165) is 37.7 Å². The molecule has 0 spiro atoms. The first-order chi connectivity index (χ1) is 17.3. The summed E-state index contributed by atoms with van der Waals surface area (Å²) in [5, 5.41) is 12.9. The molecule has 1 aliphatic heterocycles. The summed E-state index contributed by atoms with van der Waals surface area (Å²) >= 11 is 0. The fraction of sp³-hybridized carbons (Fsp3) is 0.462. The minimum atomic E-state index is -4.62. The predicted molar refractivity (Wildman–Crippen MR) is 127 cm³/mol. The van der Waals surface area contributed by atoms with Gasteiger partial charge >= 0.3 is 6.18 Å². The molecule has 1 aliphatic carbocycles. The van der Waals surface area contributed by atoms with E-state index in [0.29, 0.717) is 12.0 Å². The number of nitrogens with zero attached hydrogens (tertiary/aromatic N) is 1. The van der Waals surface area contributed by atoms with Gasteiger partial charge in [0.15, 0.2) is 22.2 Å². The number of nitrogens with one attached hydrogen (secondary N) is 1. The molecule has 0 aromatic heterocycles. The Morgan fingerprint density at radius 3 is 2.51 bits per heavy atom. The number of piperidine rings is 1. The Kier molecular flexibility index (Phi) is 7.62. The number of sulfone groups is 1. The lowest BCUT2D eigenvalue weighted by molar-refractivity contribution is -0.153. The third-order valence-electron chi connectivity index (χ3n) is 6.90. The van der Waals surface area contributed by atoms with Crippen LogP contribution in [0.1, 0.15) is 31.2 Å². The molecular formula is C26H26F4N2O4S. The van der Waals surface area contributed by atoms with Crippen molar-refractivity contribution in [3.05, 3.63) is 47.8 Å². The average Bonchev–Trinajstić information content (AvgIpc) is 3.46. The smallest absolute Gasteiger partial charge is 0.422 e. The van der Waals surface area contributed by atoms with Gasteiger partial charge in [0.2, 0.25) is 0 Å². The lowest BCUT2D eigenvalue weighted by Gasteiger charge is -2.22. The Labute approximate surface area is 212 Å². The molecular weight excluding hydrogens is 512 g/mol. The van der Waals surface area contributed by atoms with Gasteiger partial charge in [-0.25, -0.2) is 12.8 Å². The van der Waals surface area contributed by atoms with Gasteiger partial charge in [-0.2, -0.15) is 18.4 Å². The number of alkyl halides is 3. The molecule has 1 saturated heterocycles. The molecule has 6 nitrogen and oxygen atoms in total. The molecule has 11 heteroatoms. The Hall–Kier alpha value is -2.97. The van der Waals surface area contributed by atoms with Crippen molar-refractivity contribution in [2.24, 2.45) is 11.8 Å². The van der Waals surface area contributed by atoms with Crippen molar-refractivity contribution >= 4 is 15.6 Å². The summed E-state index contributed by atoms with van der Waals surface area (Å²) in [6, 6.07) is 9.64. The molecule has 2 fully saturated rings. The number of fused-ring (bicyclic) bond motifs is 2. The van der Waals surface area contributed by atoms with Gasteiger partial charge in [0, 0.05) is 18.7 Å². The number of hydrogen-bond donors (Lipinski definition) is 1. The second-order valence-corrected chi connectivity index (χ2v) is 11.8. The van der Waals surface area contributed by atoms with E-state index in [9.17, 15) is 31.6 Å². The van der Waals surface area contributed by atoms with Gasteiger partial charge in [-0.3, -0.25) is 4.79 Å².